The van der Waals surface area contributed by atoms with E-state index in [2.05, 4.69) is 9.82 Å². The Balaban J connectivity index is 2.36. The lowest BCUT2D eigenvalue weighted by Gasteiger charge is -2.08. The van der Waals surface area contributed by atoms with Crippen LogP contribution in [0, 0.1) is 19.7 Å². The molecule has 1 aromatic carbocycles. The van der Waals surface area contributed by atoms with Gasteiger partial charge in [0.2, 0.25) is 10.0 Å². The number of nitrogens with one attached hydrogen (secondary N) is 1. The maximum Gasteiger partial charge on any atom is 0.229 e. The monoisotopic (exact) mass is 331 g/mol. The average molecular weight is 332 g/mol. The summed E-state index contributed by atoms with van der Waals surface area (Å²) in [5, 5.41) is 4.60. The van der Waals surface area contributed by atoms with Crippen LogP contribution in [0.3, 0.4) is 0 Å². The molecule has 0 amide bonds. The maximum absolute atomic E-state index is 13.0. The van der Waals surface area contributed by atoms with Crippen molar-refractivity contribution in [3.8, 4) is 0 Å². The van der Waals surface area contributed by atoms with Gasteiger partial charge in [0.05, 0.1) is 29.9 Å². The van der Waals surface area contributed by atoms with E-state index in [0.29, 0.717) is 34.2 Å². The zero-order chi connectivity index (χ0) is 15.8. The van der Waals surface area contributed by atoms with E-state index in [4.69, 9.17) is 11.6 Å². The molecule has 2 aromatic rings. The molecular weight excluding hydrogens is 317 g/mol. The average Bonchev–Trinajstić information content (AvgIpc) is 2.59. The Labute approximate surface area is 127 Å². The minimum Gasteiger partial charge on any atom is -0.280 e. The van der Waals surface area contributed by atoms with Crippen LogP contribution in [0.5, 0.6) is 0 Å². The lowest BCUT2D eigenvalue weighted by atomic mass is 10.2. The SMILES string of the molecule is Cc1nn(Cc2ccc(F)cc2Cl)c(C)c1NS(C)(=O)=O. The summed E-state index contributed by atoms with van der Waals surface area (Å²) in [5.74, 6) is -0.406. The van der Waals surface area contributed by atoms with E-state index in [1.54, 1.807) is 24.6 Å². The molecule has 0 bridgehead atoms. The number of aryl methyl sites for hydroxylation is 1. The van der Waals surface area contributed by atoms with Gasteiger partial charge in [-0.2, -0.15) is 5.10 Å². The van der Waals surface area contributed by atoms with Gasteiger partial charge >= 0.3 is 0 Å². The molecule has 0 fully saturated rings. The van der Waals surface area contributed by atoms with Crippen molar-refractivity contribution >= 4 is 27.3 Å². The molecule has 0 unspecified atom stereocenters. The highest BCUT2D eigenvalue weighted by atomic mass is 35.5. The van der Waals surface area contributed by atoms with E-state index in [1.165, 1.54) is 12.1 Å². The van der Waals surface area contributed by atoms with Gasteiger partial charge in [0, 0.05) is 5.02 Å². The molecule has 0 spiro atoms. The molecule has 0 saturated heterocycles. The number of benzene rings is 1. The first-order valence-corrected chi connectivity index (χ1v) is 8.40. The maximum atomic E-state index is 13.0. The van der Waals surface area contributed by atoms with Crippen LogP contribution < -0.4 is 4.72 Å². The number of anilines is 1. The lowest BCUT2D eigenvalue weighted by molar-refractivity contribution is 0.606. The minimum atomic E-state index is -3.37. The molecule has 5 nitrogen and oxygen atoms in total. The fraction of sp³-hybridized carbons (Fsp3) is 0.308. The molecule has 0 saturated carbocycles. The van der Waals surface area contributed by atoms with E-state index < -0.39 is 15.8 Å². The molecule has 0 aliphatic carbocycles. The summed E-state index contributed by atoms with van der Waals surface area (Å²) in [6.07, 6.45) is 1.08. The predicted molar refractivity (Wildman–Crippen MR) is 80.7 cm³/mol. The predicted octanol–water partition coefficient (Wildman–Crippen LogP) is 2.71. The van der Waals surface area contributed by atoms with Gasteiger partial charge in [-0.15, -0.1) is 0 Å². The second kappa shape index (κ2) is 5.65. The van der Waals surface area contributed by atoms with Crippen molar-refractivity contribution in [3.63, 3.8) is 0 Å². The third-order valence-corrected chi connectivity index (χ3v) is 3.93. The number of rotatable bonds is 4. The Morgan fingerprint density at radius 3 is 2.62 bits per heavy atom. The molecule has 1 heterocycles. The fourth-order valence-corrected chi connectivity index (χ4v) is 2.89. The summed E-state index contributed by atoms with van der Waals surface area (Å²) in [4.78, 5) is 0. The third kappa shape index (κ3) is 3.74. The van der Waals surface area contributed by atoms with Gasteiger partial charge in [0.15, 0.2) is 0 Å². The van der Waals surface area contributed by atoms with Gasteiger partial charge in [0.25, 0.3) is 0 Å². The van der Waals surface area contributed by atoms with E-state index in [9.17, 15) is 12.8 Å². The Morgan fingerprint density at radius 2 is 2.05 bits per heavy atom. The first-order chi connectivity index (χ1) is 9.67. The molecule has 2 rings (SSSR count). The smallest absolute Gasteiger partial charge is 0.229 e. The van der Waals surface area contributed by atoms with Crippen molar-refractivity contribution in [1.82, 2.24) is 9.78 Å². The fourth-order valence-electron chi connectivity index (χ4n) is 2.00. The van der Waals surface area contributed by atoms with Crippen LogP contribution in [0.1, 0.15) is 17.0 Å². The van der Waals surface area contributed by atoms with E-state index in [0.717, 1.165) is 6.26 Å². The van der Waals surface area contributed by atoms with Crippen LogP contribution in [-0.2, 0) is 16.6 Å². The van der Waals surface area contributed by atoms with E-state index in [-0.39, 0.29) is 0 Å². The summed E-state index contributed by atoms with van der Waals surface area (Å²) in [7, 11) is -3.37. The highest BCUT2D eigenvalue weighted by Gasteiger charge is 2.15. The van der Waals surface area contributed by atoms with Gasteiger partial charge in [-0.1, -0.05) is 17.7 Å². The van der Waals surface area contributed by atoms with Crippen LogP contribution in [0.15, 0.2) is 18.2 Å². The van der Waals surface area contributed by atoms with E-state index in [1.807, 2.05) is 0 Å². The van der Waals surface area contributed by atoms with Crippen LogP contribution in [0.2, 0.25) is 5.02 Å². The Kier molecular flexibility index (Phi) is 4.25. The molecule has 0 aliphatic rings. The van der Waals surface area contributed by atoms with Gasteiger partial charge in [0.1, 0.15) is 5.82 Å². The Bertz CT molecular complexity index is 787. The van der Waals surface area contributed by atoms with Crippen molar-refractivity contribution in [2.45, 2.75) is 20.4 Å². The number of nitrogens with zero attached hydrogens (tertiary/aromatic N) is 2. The first-order valence-electron chi connectivity index (χ1n) is 6.13. The highest BCUT2D eigenvalue weighted by molar-refractivity contribution is 7.92. The zero-order valence-corrected chi connectivity index (χ0v) is 13.4. The molecule has 1 aromatic heterocycles. The highest BCUT2D eigenvalue weighted by Crippen LogP contribution is 2.23. The quantitative estimate of drug-likeness (QED) is 0.937. The van der Waals surface area contributed by atoms with Gasteiger partial charge in [-0.3, -0.25) is 9.40 Å². The van der Waals surface area contributed by atoms with Crippen LogP contribution in [-0.4, -0.2) is 24.5 Å². The number of sulfonamides is 1. The topological polar surface area (TPSA) is 64.0 Å². The molecule has 114 valence electrons. The molecule has 8 heteroatoms. The summed E-state index contributed by atoms with van der Waals surface area (Å²) < 4.78 is 39.8. The number of hydrogen-bond acceptors (Lipinski definition) is 3. The molecular formula is C13H15ClFN3O2S. The number of halogens is 2. The Hall–Kier alpha value is -1.60. The first kappa shape index (κ1) is 15.8. The summed E-state index contributed by atoms with van der Waals surface area (Å²) in [5.41, 5.74) is 2.39. The van der Waals surface area contributed by atoms with Crippen LogP contribution >= 0.6 is 11.6 Å². The van der Waals surface area contributed by atoms with Crippen molar-refractivity contribution < 1.29 is 12.8 Å². The number of aromatic nitrogens is 2. The molecule has 0 atom stereocenters. The summed E-state index contributed by atoms with van der Waals surface area (Å²) >= 11 is 5.99. The summed E-state index contributed by atoms with van der Waals surface area (Å²) in [6.45, 7) is 3.80. The lowest BCUT2D eigenvalue weighted by Crippen LogP contribution is -2.11. The second-order valence-electron chi connectivity index (χ2n) is 4.81. The van der Waals surface area contributed by atoms with Gasteiger partial charge in [-0.05, 0) is 31.5 Å². The third-order valence-electron chi connectivity index (χ3n) is 3.00. The van der Waals surface area contributed by atoms with Crippen molar-refractivity contribution in [3.05, 3.63) is 46.0 Å². The van der Waals surface area contributed by atoms with Crippen LogP contribution in [0.4, 0.5) is 10.1 Å². The number of hydrogen-bond donors (Lipinski definition) is 1. The van der Waals surface area contributed by atoms with Gasteiger partial charge < -0.3 is 0 Å². The van der Waals surface area contributed by atoms with Crippen molar-refractivity contribution in [2.75, 3.05) is 11.0 Å². The van der Waals surface area contributed by atoms with Gasteiger partial charge in [-0.25, -0.2) is 12.8 Å². The standard InChI is InChI=1S/C13H15ClFN3O2S/c1-8-13(17-21(3,19)20)9(2)18(16-8)7-10-4-5-11(15)6-12(10)14/h4-6,17H,7H2,1-3H3. The minimum absolute atomic E-state index is 0.306. The zero-order valence-electron chi connectivity index (χ0n) is 11.8. The van der Waals surface area contributed by atoms with Crippen molar-refractivity contribution in [1.29, 1.82) is 0 Å². The second-order valence-corrected chi connectivity index (χ2v) is 6.97. The van der Waals surface area contributed by atoms with E-state index >= 15 is 0 Å². The largest absolute Gasteiger partial charge is 0.280 e. The molecule has 0 aliphatic heterocycles. The molecule has 1 N–H and O–H groups in total. The van der Waals surface area contributed by atoms with Crippen LogP contribution in [0.25, 0.3) is 0 Å². The van der Waals surface area contributed by atoms with Crippen molar-refractivity contribution in [2.24, 2.45) is 0 Å². The molecule has 21 heavy (non-hydrogen) atoms. The summed E-state index contributed by atoms with van der Waals surface area (Å²) in [6, 6.07) is 4.14. The Morgan fingerprint density at radius 1 is 1.38 bits per heavy atom. The molecule has 0 radical (unpaired) electrons. The normalized spacial score (nSPS) is 11.7.